The summed E-state index contributed by atoms with van der Waals surface area (Å²) in [7, 11) is 0. The van der Waals surface area contributed by atoms with Gasteiger partial charge in [-0.25, -0.2) is 4.98 Å². The Kier molecular flexibility index (Phi) is 4.78. The molecule has 0 aliphatic rings. The third-order valence-electron chi connectivity index (χ3n) is 2.71. The van der Waals surface area contributed by atoms with Crippen LogP contribution in [0.1, 0.15) is 22.4 Å². The molecule has 98 valence electrons. The van der Waals surface area contributed by atoms with Gasteiger partial charge in [-0.05, 0) is 24.6 Å². The minimum absolute atomic E-state index is 0.570. The van der Waals surface area contributed by atoms with E-state index in [0.717, 1.165) is 30.1 Å². The molecule has 1 aromatic carbocycles. The van der Waals surface area contributed by atoms with Gasteiger partial charge in [-0.3, -0.25) is 0 Å². The number of benzene rings is 1. The summed E-state index contributed by atoms with van der Waals surface area (Å²) in [4.78, 5) is 5.67. The number of aryl methyl sites for hydroxylation is 1. The number of nitrogens with zero attached hydrogens (tertiary/aromatic N) is 2. The zero-order valence-electron chi connectivity index (χ0n) is 10.6. The highest BCUT2D eigenvalue weighted by Crippen LogP contribution is 2.20. The van der Waals surface area contributed by atoms with Crippen molar-refractivity contribution in [2.24, 2.45) is 0 Å². The summed E-state index contributed by atoms with van der Waals surface area (Å²) in [5.41, 5.74) is 1.39. The maximum absolute atomic E-state index is 9.04. The molecule has 1 aromatic heterocycles. The van der Waals surface area contributed by atoms with Crippen LogP contribution in [0.5, 0.6) is 0 Å². The summed E-state index contributed by atoms with van der Waals surface area (Å²) in [6, 6.07) is 7.42. The number of halogens is 1. The second kappa shape index (κ2) is 6.55. The zero-order chi connectivity index (χ0) is 13.7. The highest BCUT2D eigenvalue weighted by Gasteiger charge is 2.04. The number of hydrogen-bond donors (Lipinski definition) is 1. The molecule has 0 unspecified atom stereocenters. The third kappa shape index (κ3) is 3.69. The van der Waals surface area contributed by atoms with Crippen molar-refractivity contribution >= 4 is 28.6 Å². The second-order valence-corrected chi connectivity index (χ2v) is 5.69. The van der Waals surface area contributed by atoms with Crippen LogP contribution in [-0.4, -0.2) is 11.5 Å². The van der Waals surface area contributed by atoms with E-state index in [2.05, 4.69) is 23.3 Å². The molecule has 0 saturated carbocycles. The Morgan fingerprint density at radius 3 is 3.00 bits per heavy atom. The smallest absolute Gasteiger partial charge is 0.101 e. The van der Waals surface area contributed by atoms with Gasteiger partial charge in [0.2, 0.25) is 0 Å². The molecule has 0 spiro atoms. The highest BCUT2D eigenvalue weighted by molar-refractivity contribution is 7.11. The lowest BCUT2D eigenvalue weighted by molar-refractivity contribution is 0.996. The fraction of sp³-hybridized carbons (Fsp3) is 0.286. The average Bonchev–Trinajstić information content (AvgIpc) is 2.88. The van der Waals surface area contributed by atoms with Crippen molar-refractivity contribution in [3.8, 4) is 6.07 Å². The van der Waals surface area contributed by atoms with Crippen molar-refractivity contribution in [2.45, 2.75) is 19.8 Å². The number of nitriles is 1. The molecule has 2 rings (SSSR count). The predicted octanol–water partition coefficient (Wildman–Crippen LogP) is 3.89. The van der Waals surface area contributed by atoms with Gasteiger partial charge in [0.25, 0.3) is 0 Å². The predicted molar refractivity (Wildman–Crippen MR) is 79.9 cm³/mol. The molecule has 0 aliphatic carbocycles. The lowest BCUT2D eigenvalue weighted by Gasteiger charge is -2.07. The lowest BCUT2D eigenvalue weighted by Crippen LogP contribution is -2.05. The molecule has 0 bridgehead atoms. The van der Waals surface area contributed by atoms with Gasteiger partial charge in [0.15, 0.2) is 0 Å². The van der Waals surface area contributed by atoms with E-state index in [4.69, 9.17) is 16.9 Å². The minimum Gasteiger partial charge on any atom is -0.384 e. The molecule has 19 heavy (non-hydrogen) atoms. The first kappa shape index (κ1) is 13.9. The molecule has 0 fully saturated rings. The van der Waals surface area contributed by atoms with Gasteiger partial charge in [-0.1, -0.05) is 18.5 Å². The summed E-state index contributed by atoms with van der Waals surface area (Å²) in [5, 5.41) is 14.0. The second-order valence-electron chi connectivity index (χ2n) is 4.05. The van der Waals surface area contributed by atoms with Crippen LogP contribution in [0.15, 0.2) is 24.4 Å². The van der Waals surface area contributed by atoms with Crippen molar-refractivity contribution < 1.29 is 0 Å². The van der Waals surface area contributed by atoms with E-state index < -0.39 is 0 Å². The molecular formula is C14H14ClN3S. The van der Waals surface area contributed by atoms with Crippen LogP contribution in [0.3, 0.4) is 0 Å². The Hall–Kier alpha value is -1.57. The molecule has 1 N–H and O–H groups in total. The van der Waals surface area contributed by atoms with Crippen LogP contribution in [0.4, 0.5) is 5.69 Å². The molecule has 0 saturated heterocycles. The molecule has 0 atom stereocenters. The van der Waals surface area contributed by atoms with Gasteiger partial charge in [0.05, 0.1) is 16.3 Å². The van der Waals surface area contributed by atoms with Crippen LogP contribution in [0.25, 0.3) is 0 Å². The number of aromatic nitrogens is 1. The standard InChI is InChI=1S/C14H14ClN3S/c1-2-12-9-18-14(19-12)5-6-17-13-4-3-11(15)7-10(13)8-16/h3-4,7,9,17H,2,5-6H2,1H3. The van der Waals surface area contributed by atoms with E-state index >= 15 is 0 Å². The van der Waals surface area contributed by atoms with Gasteiger partial charge < -0.3 is 5.32 Å². The summed E-state index contributed by atoms with van der Waals surface area (Å²) in [6.45, 7) is 2.88. The fourth-order valence-electron chi connectivity index (χ4n) is 1.69. The number of rotatable bonds is 5. The van der Waals surface area contributed by atoms with E-state index in [0.29, 0.717) is 10.6 Å². The molecule has 0 aliphatic heterocycles. The van der Waals surface area contributed by atoms with E-state index in [1.54, 1.807) is 23.5 Å². The van der Waals surface area contributed by atoms with Crippen molar-refractivity contribution in [1.29, 1.82) is 5.26 Å². The van der Waals surface area contributed by atoms with Gasteiger partial charge in [-0.2, -0.15) is 5.26 Å². The van der Waals surface area contributed by atoms with Crippen LogP contribution in [-0.2, 0) is 12.8 Å². The monoisotopic (exact) mass is 291 g/mol. The first-order valence-electron chi connectivity index (χ1n) is 6.10. The Balaban J connectivity index is 1.94. The molecule has 3 nitrogen and oxygen atoms in total. The van der Waals surface area contributed by atoms with Crippen LogP contribution >= 0.6 is 22.9 Å². The Bertz CT molecular complexity index is 601. The van der Waals surface area contributed by atoms with Crippen LogP contribution in [0, 0.1) is 11.3 Å². The van der Waals surface area contributed by atoms with E-state index in [1.165, 1.54) is 4.88 Å². The highest BCUT2D eigenvalue weighted by atomic mass is 35.5. The van der Waals surface area contributed by atoms with E-state index in [1.807, 2.05) is 12.3 Å². The molecule has 1 heterocycles. The first-order valence-corrected chi connectivity index (χ1v) is 7.29. The minimum atomic E-state index is 0.570. The number of nitrogens with one attached hydrogen (secondary N) is 1. The third-order valence-corrected chi connectivity index (χ3v) is 4.14. The largest absolute Gasteiger partial charge is 0.384 e. The van der Waals surface area contributed by atoms with E-state index in [-0.39, 0.29) is 0 Å². The molecule has 2 aromatic rings. The topological polar surface area (TPSA) is 48.7 Å². The molecule has 0 amide bonds. The maximum atomic E-state index is 9.04. The van der Waals surface area contributed by atoms with Gasteiger partial charge in [-0.15, -0.1) is 11.3 Å². The summed E-state index contributed by atoms with van der Waals surface area (Å²) in [5.74, 6) is 0. The summed E-state index contributed by atoms with van der Waals surface area (Å²) in [6.07, 6.45) is 3.82. The van der Waals surface area contributed by atoms with Crippen LogP contribution < -0.4 is 5.32 Å². The Labute approximate surface area is 121 Å². The average molecular weight is 292 g/mol. The normalized spacial score (nSPS) is 10.2. The number of hydrogen-bond acceptors (Lipinski definition) is 4. The van der Waals surface area contributed by atoms with E-state index in [9.17, 15) is 0 Å². The van der Waals surface area contributed by atoms with Crippen molar-refractivity contribution in [3.63, 3.8) is 0 Å². The van der Waals surface area contributed by atoms with Crippen molar-refractivity contribution in [1.82, 2.24) is 4.98 Å². The maximum Gasteiger partial charge on any atom is 0.101 e. The summed E-state index contributed by atoms with van der Waals surface area (Å²) >= 11 is 7.60. The zero-order valence-corrected chi connectivity index (χ0v) is 12.2. The number of anilines is 1. The van der Waals surface area contributed by atoms with Crippen molar-refractivity contribution in [3.05, 3.63) is 44.9 Å². The summed E-state index contributed by atoms with van der Waals surface area (Å²) < 4.78 is 0. The SMILES string of the molecule is CCc1cnc(CCNc2ccc(Cl)cc2C#N)s1. The first-order chi connectivity index (χ1) is 9.22. The van der Waals surface area contributed by atoms with Gasteiger partial charge >= 0.3 is 0 Å². The fourth-order valence-corrected chi connectivity index (χ4v) is 2.73. The Morgan fingerprint density at radius 1 is 1.47 bits per heavy atom. The molecule has 5 heteroatoms. The van der Waals surface area contributed by atoms with Crippen LogP contribution in [0.2, 0.25) is 5.02 Å². The van der Waals surface area contributed by atoms with Crippen molar-refractivity contribution in [2.75, 3.05) is 11.9 Å². The Morgan fingerprint density at radius 2 is 2.32 bits per heavy atom. The quantitative estimate of drug-likeness (QED) is 0.909. The molecular weight excluding hydrogens is 278 g/mol. The van der Waals surface area contributed by atoms with Gasteiger partial charge in [0.1, 0.15) is 6.07 Å². The lowest BCUT2D eigenvalue weighted by atomic mass is 10.2. The molecule has 0 radical (unpaired) electrons. The number of thiazole rings is 1. The van der Waals surface area contributed by atoms with Gasteiger partial charge in [0, 0.05) is 29.1 Å².